The lowest BCUT2D eigenvalue weighted by molar-refractivity contribution is 0.0122. The van der Waals surface area contributed by atoms with Crippen molar-refractivity contribution >= 4 is 0 Å². The molecule has 0 aliphatic carbocycles. The fourth-order valence-electron chi connectivity index (χ4n) is 3.88. The predicted octanol–water partition coefficient (Wildman–Crippen LogP) is 0.550. The van der Waals surface area contributed by atoms with Crippen LogP contribution < -0.4 is 5.32 Å². The van der Waals surface area contributed by atoms with E-state index in [-0.39, 0.29) is 0 Å². The lowest BCUT2D eigenvalue weighted by atomic mass is 10.2. The third-order valence-corrected chi connectivity index (χ3v) is 5.09. The van der Waals surface area contributed by atoms with E-state index in [0.29, 0.717) is 12.2 Å². The van der Waals surface area contributed by atoms with Crippen LogP contribution >= 0.6 is 0 Å². The van der Waals surface area contributed by atoms with Gasteiger partial charge >= 0.3 is 0 Å². The third kappa shape index (κ3) is 4.39. The minimum Gasteiger partial charge on any atom is -0.379 e. The molecule has 122 valence electrons. The summed E-state index contributed by atoms with van der Waals surface area (Å²) in [6.07, 6.45) is 4.66. The van der Waals surface area contributed by atoms with Crippen LogP contribution in [0.1, 0.15) is 26.2 Å². The van der Waals surface area contributed by atoms with E-state index in [1.807, 2.05) is 0 Å². The van der Waals surface area contributed by atoms with Gasteiger partial charge in [-0.25, -0.2) is 0 Å². The minimum atomic E-state index is 0.438. The molecule has 3 heterocycles. The Labute approximate surface area is 128 Å². The first kappa shape index (κ1) is 15.7. The lowest BCUT2D eigenvalue weighted by Gasteiger charge is -2.32. The molecule has 5 heteroatoms. The quantitative estimate of drug-likeness (QED) is 0.775. The molecule has 0 aromatic carbocycles. The van der Waals surface area contributed by atoms with Crippen molar-refractivity contribution in [2.45, 2.75) is 44.4 Å². The number of likely N-dealkylation sites (N-methyl/N-ethyl adjacent to an activating group) is 1. The summed E-state index contributed by atoms with van der Waals surface area (Å²) in [6, 6.07) is 0.743. The fourth-order valence-corrected chi connectivity index (χ4v) is 3.88. The average Bonchev–Trinajstić information content (AvgIpc) is 3.16. The Morgan fingerprint density at radius 1 is 1.05 bits per heavy atom. The molecule has 3 aliphatic rings. The van der Waals surface area contributed by atoms with Gasteiger partial charge in [0.2, 0.25) is 0 Å². The first-order valence-corrected chi connectivity index (χ1v) is 8.75. The summed E-state index contributed by atoms with van der Waals surface area (Å²) in [5.74, 6) is 0. The Balaban J connectivity index is 1.37. The van der Waals surface area contributed by atoms with Gasteiger partial charge in [-0.1, -0.05) is 6.92 Å². The summed E-state index contributed by atoms with van der Waals surface area (Å²) in [6.45, 7) is 11.8. The largest absolute Gasteiger partial charge is 0.379 e. The molecule has 3 atom stereocenters. The number of nitrogens with zero attached hydrogens (tertiary/aromatic N) is 2. The highest BCUT2D eigenvalue weighted by Crippen LogP contribution is 2.23. The van der Waals surface area contributed by atoms with Gasteiger partial charge in [0.25, 0.3) is 0 Å². The molecule has 3 fully saturated rings. The SMILES string of the molecule is CCNCC1CCC(CN2CCC(N3CCOCC3)C2)O1. The summed E-state index contributed by atoms with van der Waals surface area (Å²) in [7, 11) is 0. The second-order valence-electron chi connectivity index (χ2n) is 6.62. The highest BCUT2D eigenvalue weighted by Gasteiger charge is 2.32. The summed E-state index contributed by atoms with van der Waals surface area (Å²) in [5, 5.41) is 3.40. The standard InChI is InChI=1S/C16H31N3O2/c1-2-17-11-15-3-4-16(21-15)13-18-6-5-14(12-18)19-7-9-20-10-8-19/h14-17H,2-13H2,1H3. The zero-order chi connectivity index (χ0) is 14.5. The van der Waals surface area contributed by atoms with Gasteiger partial charge in [0, 0.05) is 38.8 Å². The predicted molar refractivity (Wildman–Crippen MR) is 83.7 cm³/mol. The number of hydrogen-bond acceptors (Lipinski definition) is 5. The van der Waals surface area contributed by atoms with Crippen LogP contribution in [0.5, 0.6) is 0 Å². The Kier molecular flexibility index (Phi) is 5.89. The molecule has 0 aromatic rings. The summed E-state index contributed by atoms with van der Waals surface area (Å²) < 4.78 is 11.6. The summed E-state index contributed by atoms with van der Waals surface area (Å²) in [4.78, 5) is 5.23. The summed E-state index contributed by atoms with van der Waals surface area (Å²) in [5.41, 5.74) is 0. The molecule has 5 nitrogen and oxygen atoms in total. The van der Waals surface area contributed by atoms with Crippen molar-refractivity contribution in [1.82, 2.24) is 15.1 Å². The van der Waals surface area contributed by atoms with Crippen LogP contribution in [0.15, 0.2) is 0 Å². The Hall–Kier alpha value is -0.200. The monoisotopic (exact) mass is 297 g/mol. The maximum Gasteiger partial charge on any atom is 0.0707 e. The van der Waals surface area contributed by atoms with Crippen LogP contribution in [0.3, 0.4) is 0 Å². The zero-order valence-electron chi connectivity index (χ0n) is 13.4. The number of hydrogen-bond donors (Lipinski definition) is 1. The van der Waals surface area contributed by atoms with Crippen molar-refractivity contribution in [1.29, 1.82) is 0 Å². The Morgan fingerprint density at radius 3 is 2.67 bits per heavy atom. The highest BCUT2D eigenvalue weighted by atomic mass is 16.5. The molecule has 3 saturated heterocycles. The van der Waals surface area contributed by atoms with E-state index >= 15 is 0 Å². The number of rotatable bonds is 6. The van der Waals surface area contributed by atoms with Gasteiger partial charge < -0.3 is 14.8 Å². The molecule has 0 spiro atoms. The number of nitrogens with one attached hydrogen (secondary N) is 1. The van der Waals surface area contributed by atoms with Crippen molar-refractivity contribution in [3.8, 4) is 0 Å². The Bertz CT molecular complexity index is 310. The van der Waals surface area contributed by atoms with Crippen LogP contribution in [0.25, 0.3) is 0 Å². The molecule has 0 radical (unpaired) electrons. The molecule has 1 N–H and O–H groups in total. The maximum absolute atomic E-state index is 6.17. The smallest absolute Gasteiger partial charge is 0.0707 e. The lowest BCUT2D eigenvalue weighted by Crippen LogP contribution is -2.45. The second-order valence-corrected chi connectivity index (χ2v) is 6.62. The molecule has 21 heavy (non-hydrogen) atoms. The van der Waals surface area contributed by atoms with Gasteiger partial charge in [0.15, 0.2) is 0 Å². The van der Waals surface area contributed by atoms with E-state index in [0.717, 1.165) is 52.0 Å². The fraction of sp³-hybridized carbons (Fsp3) is 1.00. The number of likely N-dealkylation sites (tertiary alicyclic amines) is 1. The zero-order valence-corrected chi connectivity index (χ0v) is 13.4. The van der Waals surface area contributed by atoms with Gasteiger partial charge in [0.05, 0.1) is 25.4 Å². The van der Waals surface area contributed by atoms with Crippen molar-refractivity contribution in [2.24, 2.45) is 0 Å². The minimum absolute atomic E-state index is 0.438. The maximum atomic E-state index is 6.17. The van der Waals surface area contributed by atoms with E-state index in [1.54, 1.807) is 0 Å². The molecule has 0 amide bonds. The van der Waals surface area contributed by atoms with Gasteiger partial charge in [-0.15, -0.1) is 0 Å². The van der Waals surface area contributed by atoms with Crippen molar-refractivity contribution in [3.63, 3.8) is 0 Å². The van der Waals surface area contributed by atoms with E-state index in [9.17, 15) is 0 Å². The molecule has 3 rings (SSSR count). The van der Waals surface area contributed by atoms with Crippen molar-refractivity contribution in [2.75, 3.05) is 59.0 Å². The Morgan fingerprint density at radius 2 is 1.86 bits per heavy atom. The molecular weight excluding hydrogens is 266 g/mol. The molecule has 0 bridgehead atoms. The van der Waals surface area contributed by atoms with Crippen LogP contribution in [-0.4, -0.2) is 87.1 Å². The highest BCUT2D eigenvalue weighted by molar-refractivity contribution is 4.87. The van der Waals surface area contributed by atoms with Crippen LogP contribution in [0, 0.1) is 0 Å². The van der Waals surface area contributed by atoms with Gasteiger partial charge in [-0.2, -0.15) is 0 Å². The third-order valence-electron chi connectivity index (χ3n) is 5.09. The number of morpholine rings is 1. The first-order chi connectivity index (χ1) is 10.3. The van der Waals surface area contributed by atoms with Crippen LogP contribution in [0.4, 0.5) is 0 Å². The molecule has 0 saturated carbocycles. The van der Waals surface area contributed by atoms with Gasteiger partial charge in [-0.3, -0.25) is 9.80 Å². The molecule has 0 aromatic heterocycles. The average molecular weight is 297 g/mol. The van der Waals surface area contributed by atoms with Crippen molar-refractivity contribution < 1.29 is 9.47 Å². The molecule has 3 unspecified atom stereocenters. The van der Waals surface area contributed by atoms with Crippen LogP contribution in [-0.2, 0) is 9.47 Å². The molecule has 3 aliphatic heterocycles. The van der Waals surface area contributed by atoms with E-state index in [1.165, 1.54) is 32.4 Å². The molecular formula is C16H31N3O2. The van der Waals surface area contributed by atoms with Crippen LogP contribution in [0.2, 0.25) is 0 Å². The van der Waals surface area contributed by atoms with E-state index in [4.69, 9.17) is 9.47 Å². The topological polar surface area (TPSA) is 37.0 Å². The second kappa shape index (κ2) is 7.88. The first-order valence-electron chi connectivity index (χ1n) is 8.75. The van der Waals surface area contributed by atoms with E-state index < -0.39 is 0 Å². The van der Waals surface area contributed by atoms with Crippen molar-refractivity contribution in [3.05, 3.63) is 0 Å². The van der Waals surface area contributed by atoms with Gasteiger partial charge in [0.1, 0.15) is 0 Å². The summed E-state index contributed by atoms with van der Waals surface area (Å²) >= 11 is 0. The van der Waals surface area contributed by atoms with Gasteiger partial charge in [-0.05, 0) is 32.4 Å². The normalized spacial score (nSPS) is 35.6. The number of ether oxygens (including phenoxy) is 2. The van der Waals surface area contributed by atoms with E-state index in [2.05, 4.69) is 22.0 Å².